The number of ether oxygens (including phenoxy) is 1. The molecule has 1 fully saturated rings. The molecule has 1 aromatic rings. The predicted octanol–water partition coefficient (Wildman–Crippen LogP) is 1.92. The van der Waals surface area contributed by atoms with E-state index in [9.17, 15) is 0 Å². The average molecular weight is 252 g/mol. The second-order valence-corrected chi connectivity index (χ2v) is 4.93. The highest BCUT2D eigenvalue weighted by atomic mass is 16.5. The predicted molar refractivity (Wildman–Crippen MR) is 71.5 cm³/mol. The molecule has 102 valence electrons. The fourth-order valence-corrected chi connectivity index (χ4v) is 2.50. The van der Waals surface area contributed by atoms with Gasteiger partial charge in [0, 0.05) is 24.7 Å². The Bertz CT molecular complexity index is 376. The number of furan rings is 1. The lowest BCUT2D eigenvalue weighted by molar-refractivity contribution is -0.0129. The van der Waals surface area contributed by atoms with E-state index in [1.54, 1.807) is 0 Å². The Hall–Kier alpha value is -0.840. The van der Waals surface area contributed by atoms with Crippen LogP contribution in [0.3, 0.4) is 0 Å². The van der Waals surface area contributed by atoms with Gasteiger partial charge in [-0.05, 0) is 26.5 Å². The topological polar surface area (TPSA) is 37.6 Å². The summed E-state index contributed by atoms with van der Waals surface area (Å²) in [7, 11) is 1.94. The minimum absolute atomic E-state index is 0.542. The van der Waals surface area contributed by atoms with Crippen molar-refractivity contribution in [3.63, 3.8) is 0 Å². The first kappa shape index (κ1) is 13.6. The van der Waals surface area contributed by atoms with Gasteiger partial charge in [-0.25, -0.2) is 0 Å². The Balaban J connectivity index is 2.03. The second-order valence-electron chi connectivity index (χ2n) is 4.93. The van der Waals surface area contributed by atoms with Crippen LogP contribution in [0, 0.1) is 6.92 Å². The number of hydrogen-bond acceptors (Lipinski definition) is 4. The molecule has 1 unspecified atom stereocenters. The van der Waals surface area contributed by atoms with Crippen molar-refractivity contribution in [1.82, 2.24) is 10.2 Å². The third-order valence-electron chi connectivity index (χ3n) is 3.62. The lowest BCUT2D eigenvalue weighted by Gasteiger charge is -2.34. The molecule has 1 atom stereocenters. The molecule has 1 N–H and O–H groups in total. The van der Waals surface area contributed by atoms with Crippen LogP contribution in [0.4, 0.5) is 0 Å². The number of morpholine rings is 1. The summed E-state index contributed by atoms with van der Waals surface area (Å²) in [6.07, 6.45) is 1.14. The molecule has 4 heteroatoms. The molecule has 0 aromatic carbocycles. The molecule has 18 heavy (non-hydrogen) atoms. The zero-order valence-electron chi connectivity index (χ0n) is 11.7. The van der Waals surface area contributed by atoms with Gasteiger partial charge in [0.25, 0.3) is 0 Å². The Labute approximate surface area is 109 Å². The van der Waals surface area contributed by atoms with E-state index in [-0.39, 0.29) is 0 Å². The molecule has 1 aromatic heterocycles. The SMILES string of the molecule is CCC1COCCN1Cc1cc(CNC)oc1C. The van der Waals surface area contributed by atoms with Gasteiger partial charge in [0.05, 0.1) is 19.8 Å². The highest BCUT2D eigenvalue weighted by Gasteiger charge is 2.22. The molecule has 2 heterocycles. The van der Waals surface area contributed by atoms with E-state index in [0.29, 0.717) is 6.04 Å². The number of nitrogens with zero attached hydrogens (tertiary/aromatic N) is 1. The second kappa shape index (κ2) is 6.36. The third kappa shape index (κ3) is 3.13. The Morgan fingerprint density at radius 3 is 3.06 bits per heavy atom. The van der Waals surface area contributed by atoms with Crippen LogP contribution >= 0.6 is 0 Å². The van der Waals surface area contributed by atoms with E-state index in [0.717, 1.165) is 50.8 Å². The maximum absolute atomic E-state index is 5.75. The summed E-state index contributed by atoms with van der Waals surface area (Å²) in [5.41, 5.74) is 1.31. The number of nitrogens with one attached hydrogen (secondary N) is 1. The molecule has 1 aliphatic rings. The standard InChI is InChI=1S/C14H24N2O2/c1-4-13-10-17-6-5-16(13)9-12-7-14(8-15-3)18-11(12)2/h7,13,15H,4-6,8-10H2,1-3H3. The molecule has 0 amide bonds. The minimum atomic E-state index is 0.542. The smallest absolute Gasteiger partial charge is 0.118 e. The molecule has 4 nitrogen and oxygen atoms in total. The lowest BCUT2D eigenvalue weighted by atomic mass is 10.1. The molecule has 1 aliphatic heterocycles. The first-order valence-electron chi connectivity index (χ1n) is 6.79. The van der Waals surface area contributed by atoms with Crippen molar-refractivity contribution in [3.05, 3.63) is 23.2 Å². The molecule has 0 aliphatic carbocycles. The summed E-state index contributed by atoms with van der Waals surface area (Å²) in [4.78, 5) is 2.50. The van der Waals surface area contributed by atoms with Gasteiger partial charge in [0.1, 0.15) is 11.5 Å². The van der Waals surface area contributed by atoms with Crippen LogP contribution in [0.15, 0.2) is 10.5 Å². The first-order valence-corrected chi connectivity index (χ1v) is 6.79. The van der Waals surface area contributed by atoms with E-state index in [1.165, 1.54) is 5.56 Å². The van der Waals surface area contributed by atoms with E-state index >= 15 is 0 Å². The monoisotopic (exact) mass is 252 g/mol. The van der Waals surface area contributed by atoms with Crippen LogP contribution < -0.4 is 5.32 Å². The normalized spacial score (nSPS) is 21.4. The molecule has 2 rings (SSSR count). The van der Waals surface area contributed by atoms with Crippen molar-refractivity contribution < 1.29 is 9.15 Å². The third-order valence-corrected chi connectivity index (χ3v) is 3.62. The minimum Gasteiger partial charge on any atom is -0.465 e. The van der Waals surface area contributed by atoms with Gasteiger partial charge >= 0.3 is 0 Å². The van der Waals surface area contributed by atoms with Crippen LogP contribution in [0.25, 0.3) is 0 Å². The van der Waals surface area contributed by atoms with Crippen LogP contribution in [0.5, 0.6) is 0 Å². The van der Waals surface area contributed by atoms with E-state index < -0.39 is 0 Å². The molecule has 0 bridgehead atoms. The highest BCUT2D eigenvalue weighted by molar-refractivity contribution is 5.21. The van der Waals surface area contributed by atoms with Crippen LogP contribution in [-0.2, 0) is 17.8 Å². The van der Waals surface area contributed by atoms with Crippen molar-refractivity contribution in [1.29, 1.82) is 0 Å². The maximum atomic E-state index is 5.75. The Morgan fingerprint density at radius 2 is 2.33 bits per heavy atom. The summed E-state index contributed by atoms with van der Waals surface area (Å²) in [6, 6.07) is 2.72. The van der Waals surface area contributed by atoms with E-state index in [2.05, 4.69) is 30.1 Å². The summed E-state index contributed by atoms with van der Waals surface area (Å²) in [5.74, 6) is 2.06. The summed E-state index contributed by atoms with van der Waals surface area (Å²) in [6.45, 7) is 8.76. The fraction of sp³-hybridized carbons (Fsp3) is 0.714. The van der Waals surface area contributed by atoms with Crippen molar-refractivity contribution in [2.75, 3.05) is 26.8 Å². The van der Waals surface area contributed by atoms with Gasteiger partial charge in [0.15, 0.2) is 0 Å². The molecule has 0 saturated carbocycles. The van der Waals surface area contributed by atoms with Gasteiger partial charge in [-0.15, -0.1) is 0 Å². The van der Waals surface area contributed by atoms with E-state index in [1.807, 2.05) is 7.05 Å². The van der Waals surface area contributed by atoms with Gasteiger partial charge in [0.2, 0.25) is 0 Å². The van der Waals surface area contributed by atoms with Crippen molar-refractivity contribution >= 4 is 0 Å². The highest BCUT2D eigenvalue weighted by Crippen LogP contribution is 2.20. The summed E-state index contributed by atoms with van der Waals surface area (Å²) < 4.78 is 11.3. The first-order chi connectivity index (χ1) is 8.74. The van der Waals surface area contributed by atoms with Crippen LogP contribution in [0.1, 0.15) is 30.4 Å². The quantitative estimate of drug-likeness (QED) is 0.869. The Morgan fingerprint density at radius 1 is 1.50 bits per heavy atom. The van der Waals surface area contributed by atoms with Crippen molar-refractivity contribution in [3.8, 4) is 0 Å². The van der Waals surface area contributed by atoms with E-state index in [4.69, 9.17) is 9.15 Å². The van der Waals surface area contributed by atoms with Gasteiger partial charge in [-0.2, -0.15) is 0 Å². The number of aryl methyl sites for hydroxylation is 1. The van der Waals surface area contributed by atoms with Crippen LogP contribution in [0.2, 0.25) is 0 Å². The molecule has 0 radical (unpaired) electrons. The molecule has 1 saturated heterocycles. The summed E-state index contributed by atoms with van der Waals surface area (Å²) in [5, 5.41) is 3.12. The molecular weight excluding hydrogens is 228 g/mol. The Kier molecular flexibility index (Phi) is 4.80. The van der Waals surface area contributed by atoms with Crippen LogP contribution in [-0.4, -0.2) is 37.7 Å². The largest absolute Gasteiger partial charge is 0.465 e. The van der Waals surface area contributed by atoms with Gasteiger partial charge in [-0.3, -0.25) is 4.90 Å². The molecule has 0 spiro atoms. The summed E-state index contributed by atoms with van der Waals surface area (Å²) >= 11 is 0. The van der Waals surface area contributed by atoms with Crippen molar-refractivity contribution in [2.45, 2.75) is 39.4 Å². The van der Waals surface area contributed by atoms with Gasteiger partial charge < -0.3 is 14.5 Å². The molecular formula is C14H24N2O2. The number of rotatable bonds is 5. The number of hydrogen-bond donors (Lipinski definition) is 1. The lowest BCUT2D eigenvalue weighted by Crippen LogP contribution is -2.44. The van der Waals surface area contributed by atoms with Gasteiger partial charge in [-0.1, -0.05) is 6.92 Å². The van der Waals surface area contributed by atoms with Crippen molar-refractivity contribution in [2.24, 2.45) is 0 Å². The fourth-order valence-electron chi connectivity index (χ4n) is 2.50. The average Bonchev–Trinajstić information content (AvgIpc) is 2.71. The maximum Gasteiger partial charge on any atom is 0.118 e. The zero-order chi connectivity index (χ0) is 13.0. The zero-order valence-corrected chi connectivity index (χ0v) is 11.7.